The second-order valence-electron chi connectivity index (χ2n) is 6.62. The Kier molecular flexibility index (Phi) is 2.43. The van der Waals surface area contributed by atoms with Crippen LogP contribution in [0, 0.1) is 17.3 Å². The molecule has 1 saturated carbocycles. The summed E-state index contributed by atoms with van der Waals surface area (Å²) in [4.78, 5) is 14.0. The number of nitrogens with zero attached hydrogens (tertiary/aromatic N) is 1. The molecule has 1 aliphatic carbocycles. The average molecular weight is 227 g/mol. The largest absolute Gasteiger partial charge is 0.342 e. The Morgan fingerprint density at radius 1 is 1.40 bits per heavy atom. The number of fused-ring (bicyclic) bond motifs is 1. The van der Waals surface area contributed by atoms with Crippen molar-refractivity contribution in [3.8, 4) is 0 Å². The maximum absolute atomic E-state index is 12.0. The number of likely N-dealkylation sites (tertiary alicyclic amines) is 1. The van der Waals surface area contributed by atoms with Gasteiger partial charge in [-0.3, -0.25) is 4.79 Å². The van der Waals surface area contributed by atoms with Crippen LogP contribution in [0.2, 0.25) is 0 Å². The van der Waals surface area contributed by atoms with E-state index in [1.165, 1.54) is 0 Å². The summed E-state index contributed by atoms with van der Waals surface area (Å²) in [5.41, 5.74) is 0.119. The lowest BCUT2D eigenvalue weighted by atomic mass is 9.91. The van der Waals surface area contributed by atoms with E-state index in [-0.39, 0.29) is 5.41 Å². The van der Waals surface area contributed by atoms with Crippen molar-refractivity contribution in [1.82, 2.24) is 4.90 Å². The normalized spacial score (nSPS) is 39.1. The topological polar surface area (TPSA) is 20.3 Å². The molecule has 2 aliphatic rings. The molecule has 0 aromatic heterocycles. The van der Waals surface area contributed by atoms with Gasteiger partial charge in [0.05, 0.1) is 0 Å². The fraction of sp³-hybridized carbons (Fsp3) is 0.917. The third-order valence-electron chi connectivity index (χ3n) is 3.84. The summed E-state index contributed by atoms with van der Waals surface area (Å²) in [7, 11) is 2.95. The molecule has 0 N–H and O–H groups in total. The molecule has 0 bridgehead atoms. The summed E-state index contributed by atoms with van der Waals surface area (Å²) in [6.45, 7) is 10.6. The van der Waals surface area contributed by atoms with Gasteiger partial charge in [0.1, 0.15) is 0 Å². The first-order valence-electron chi connectivity index (χ1n) is 5.78. The summed E-state index contributed by atoms with van der Waals surface area (Å²) < 4.78 is 0. The van der Waals surface area contributed by atoms with Crippen LogP contribution in [-0.4, -0.2) is 29.1 Å². The van der Waals surface area contributed by atoms with Gasteiger partial charge in [-0.1, -0.05) is 27.7 Å². The lowest BCUT2D eigenvalue weighted by Gasteiger charge is -2.26. The highest BCUT2D eigenvalue weighted by Crippen LogP contribution is 2.61. The molecule has 1 amide bonds. The van der Waals surface area contributed by atoms with E-state index >= 15 is 0 Å². The van der Waals surface area contributed by atoms with Gasteiger partial charge in [-0.05, 0) is 22.4 Å². The van der Waals surface area contributed by atoms with Crippen molar-refractivity contribution in [3.63, 3.8) is 0 Å². The van der Waals surface area contributed by atoms with Gasteiger partial charge < -0.3 is 4.90 Å². The lowest BCUT2D eigenvalue weighted by Crippen LogP contribution is -2.35. The van der Waals surface area contributed by atoms with Gasteiger partial charge in [-0.25, -0.2) is 0 Å². The van der Waals surface area contributed by atoms with Gasteiger partial charge in [-0.15, -0.1) is 9.24 Å². The maximum atomic E-state index is 12.0. The SMILES string of the molecule is CC(C)(C)CC(=O)N1CC2C(C1)C2(C)P. The molecule has 2 nitrogen and oxygen atoms in total. The second-order valence-corrected chi connectivity index (χ2v) is 7.86. The van der Waals surface area contributed by atoms with Crippen LogP contribution in [-0.2, 0) is 4.79 Å². The van der Waals surface area contributed by atoms with Gasteiger partial charge in [0, 0.05) is 19.5 Å². The molecule has 1 saturated heterocycles. The summed E-state index contributed by atoms with van der Waals surface area (Å²) in [5.74, 6) is 1.83. The lowest BCUT2D eigenvalue weighted by molar-refractivity contribution is -0.132. The highest BCUT2D eigenvalue weighted by molar-refractivity contribution is 7.19. The smallest absolute Gasteiger partial charge is 0.223 e. The first-order valence-corrected chi connectivity index (χ1v) is 6.36. The molecule has 0 aromatic carbocycles. The fourth-order valence-electron chi connectivity index (χ4n) is 2.69. The molecule has 3 heteroatoms. The summed E-state index contributed by atoms with van der Waals surface area (Å²) in [6, 6.07) is 0. The van der Waals surface area contributed by atoms with Crippen molar-refractivity contribution in [2.24, 2.45) is 17.3 Å². The van der Waals surface area contributed by atoms with Crippen LogP contribution < -0.4 is 0 Å². The number of hydrogen-bond donors (Lipinski definition) is 0. The minimum atomic E-state index is 0.119. The molecule has 15 heavy (non-hydrogen) atoms. The number of carbonyl (C=O) groups is 1. The molecule has 2 rings (SSSR count). The Morgan fingerprint density at radius 2 is 1.87 bits per heavy atom. The molecule has 0 radical (unpaired) electrons. The monoisotopic (exact) mass is 227 g/mol. The predicted octanol–water partition coefficient (Wildman–Crippen LogP) is 2.14. The molecule has 0 spiro atoms. The average Bonchev–Trinajstić information content (AvgIpc) is 2.47. The molecule has 3 unspecified atom stereocenters. The van der Waals surface area contributed by atoms with Crippen molar-refractivity contribution < 1.29 is 4.79 Å². The number of carbonyl (C=O) groups excluding carboxylic acids is 1. The summed E-state index contributed by atoms with van der Waals surface area (Å²) in [5, 5.41) is 0.429. The van der Waals surface area contributed by atoms with Crippen LogP contribution in [0.3, 0.4) is 0 Å². The highest BCUT2D eigenvalue weighted by Gasteiger charge is 2.62. The Bertz CT molecular complexity index is 278. The van der Waals surface area contributed by atoms with E-state index in [4.69, 9.17) is 0 Å². The standard InChI is InChI=1S/C12H22NOP/c1-11(2,3)5-10(14)13-6-8-9(7-13)12(8,4)15/h8-9H,5-7,15H2,1-4H3. The van der Waals surface area contributed by atoms with Crippen molar-refractivity contribution in [3.05, 3.63) is 0 Å². The molecule has 86 valence electrons. The van der Waals surface area contributed by atoms with Crippen molar-refractivity contribution in [2.45, 2.75) is 39.3 Å². The minimum Gasteiger partial charge on any atom is -0.342 e. The number of hydrogen-bond acceptors (Lipinski definition) is 1. The molecule has 2 fully saturated rings. The van der Waals surface area contributed by atoms with Crippen LogP contribution in [0.25, 0.3) is 0 Å². The minimum absolute atomic E-state index is 0.119. The van der Waals surface area contributed by atoms with E-state index in [1.807, 2.05) is 0 Å². The summed E-state index contributed by atoms with van der Waals surface area (Å²) in [6.07, 6.45) is 0.681. The van der Waals surface area contributed by atoms with Gasteiger partial charge in [0.2, 0.25) is 5.91 Å². The van der Waals surface area contributed by atoms with Gasteiger partial charge in [0.25, 0.3) is 0 Å². The maximum Gasteiger partial charge on any atom is 0.223 e. The van der Waals surface area contributed by atoms with Crippen LogP contribution in [0.1, 0.15) is 34.1 Å². The number of rotatable bonds is 1. The second kappa shape index (κ2) is 3.20. The fourth-order valence-corrected chi connectivity index (χ4v) is 3.27. The summed E-state index contributed by atoms with van der Waals surface area (Å²) >= 11 is 0. The first kappa shape index (κ1) is 11.4. The van der Waals surface area contributed by atoms with E-state index in [0.717, 1.165) is 24.9 Å². The Morgan fingerprint density at radius 3 is 2.27 bits per heavy atom. The van der Waals surface area contributed by atoms with E-state index in [1.54, 1.807) is 0 Å². The van der Waals surface area contributed by atoms with Crippen LogP contribution in [0.15, 0.2) is 0 Å². The highest BCUT2D eigenvalue weighted by atomic mass is 31.0. The number of amides is 1. The van der Waals surface area contributed by atoms with E-state index in [9.17, 15) is 4.79 Å². The zero-order valence-electron chi connectivity index (χ0n) is 10.2. The molecule has 1 aliphatic heterocycles. The Balaban J connectivity index is 1.87. The number of piperidine rings is 1. The van der Waals surface area contributed by atoms with Crippen LogP contribution in [0.4, 0.5) is 0 Å². The van der Waals surface area contributed by atoms with Gasteiger partial charge in [-0.2, -0.15) is 0 Å². The quantitative estimate of drug-likeness (QED) is 0.628. The Hall–Kier alpha value is -0.100. The predicted molar refractivity (Wildman–Crippen MR) is 65.7 cm³/mol. The van der Waals surface area contributed by atoms with Gasteiger partial charge in [0.15, 0.2) is 0 Å². The van der Waals surface area contributed by atoms with E-state index < -0.39 is 0 Å². The van der Waals surface area contributed by atoms with Crippen molar-refractivity contribution in [1.29, 1.82) is 0 Å². The first-order chi connectivity index (χ1) is 6.72. The van der Waals surface area contributed by atoms with E-state index in [0.29, 0.717) is 17.5 Å². The van der Waals surface area contributed by atoms with Crippen LogP contribution in [0.5, 0.6) is 0 Å². The zero-order valence-corrected chi connectivity index (χ0v) is 11.4. The third kappa shape index (κ3) is 2.06. The van der Waals surface area contributed by atoms with Crippen LogP contribution >= 0.6 is 9.24 Å². The third-order valence-corrected chi connectivity index (χ3v) is 4.70. The molecular weight excluding hydrogens is 205 g/mol. The Labute approximate surface area is 95.0 Å². The van der Waals surface area contributed by atoms with Gasteiger partial charge >= 0.3 is 0 Å². The molecule has 1 heterocycles. The van der Waals surface area contributed by atoms with Crippen molar-refractivity contribution >= 4 is 15.1 Å². The van der Waals surface area contributed by atoms with E-state index in [2.05, 4.69) is 41.8 Å². The van der Waals surface area contributed by atoms with Crippen molar-refractivity contribution in [2.75, 3.05) is 13.1 Å². The molecular formula is C12H22NOP. The molecule has 0 aromatic rings. The molecule has 3 atom stereocenters. The zero-order chi connectivity index (χ0) is 11.4.